The van der Waals surface area contributed by atoms with Crippen LogP contribution in [0.2, 0.25) is 0 Å². The van der Waals surface area contributed by atoms with E-state index in [1.807, 2.05) is 51.1 Å². The quantitative estimate of drug-likeness (QED) is 0.160. The summed E-state index contributed by atoms with van der Waals surface area (Å²) in [7, 11) is -3.14. The molecule has 3 aliphatic rings. The van der Waals surface area contributed by atoms with E-state index in [1.165, 1.54) is 150 Å². The van der Waals surface area contributed by atoms with Gasteiger partial charge in [0.25, 0.3) is 0 Å². The first-order valence-corrected chi connectivity index (χ1v) is 31.3. The van der Waals surface area contributed by atoms with Crippen LogP contribution >= 0.6 is 0 Å². The summed E-state index contributed by atoms with van der Waals surface area (Å²) in [6.45, 7) is 43.6. The van der Waals surface area contributed by atoms with Crippen LogP contribution in [0.3, 0.4) is 0 Å². The largest absolute Gasteiger partial charge is 0.464 e. The van der Waals surface area contributed by atoms with Crippen molar-refractivity contribution < 1.29 is 12.8 Å². The van der Waals surface area contributed by atoms with Crippen molar-refractivity contribution in [3.8, 4) is 0 Å². The van der Waals surface area contributed by atoms with Crippen LogP contribution in [0.1, 0.15) is 262 Å². The highest BCUT2D eigenvalue weighted by molar-refractivity contribution is 7.92. The number of hydrogen-bond acceptors (Lipinski definition) is 3. The van der Waals surface area contributed by atoms with Crippen LogP contribution in [-0.2, 0) is 10.0 Å². The number of nitrogens with one attached hydrogen (secondary N) is 1. The van der Waals surface area contributed by atoms with E-state index in [0.717, 1.165) is 35.2 Å². The van der Waals surface area contributed by atoms with Gasteiger partial charge in [0, 0.05) is 11.1 Å². The van der Waals surface area contributed by atoms with Crippen molar-refractivity contribution in [1.29, 1.82) is 0 Å². The normalized spacial score (nSPS) is 14.7. The molecule has 0 amide bonds. The molecule has 74 heavy (non-hydrogen) atoms. The summed E-state index contributed by atoms with van der Waals surface area (Å²) >= 11 is 0. The summed E-state index contributed by atoms with van der Waals surface area (Å²) in [6, 6.07) is 23.7. The summed E-state index contributed by atoms with van der Waals surface area (Å²) < 4.78 is 29.1. The van der Waals surface area contributed by atoms with E-state index >= 15 is 0 Å². The Balaban J connectivity index is -0.000000769. The van der Waals surface area contributed by atoms with Crippen LogP contribution in [0.25, 0.3) is 17.0 Å². The van der Waals surface area contributed by atoms with Gasteiger partial charge in [-0.2, -0.15) is 0 Å². The Morgan fingerprint density at radius 1 is 0.622 bits per heavy atom. The van der Waals surface area contributed by atoms with Crippen LogP contribution in [0.5, 0.6) is 0 Å². The smallest absolute Gasteiger partial charge is 0.229 e. The summed E-state index contributed by atoms with van der Waals surface area (Å²) in [5.74, 6) is 3.11. The van der Waals surface area contributed by atoms with E-state index < -0.39 is 10.0 Å². The zero-order valence-electron chi connectivity index (χ0n) is 52.5. The number of aryl methyl sites for hydroxylation is 3. The molecular formula is C69H121NO3S. The first-order valence-electron chi connectivity index (χ1n) is 29.4. The van der Waals surface area contributed by atoms with Crippen molar-refractivity contribution in [1.82, 2.24) is 0 Å². The standard InChI is InChI=1S/C10H12.C9H8O.C8H11NO2S.C8H16.C7H14.C6H12.C6H14.C5H12.C5H10.C5H12/c1-3-6-10-8-5-4-7-9(10)2;1-7-2-3-9-8(6-7)4-5-10-9;1-7-3-5-8(6-4-7)9-12(2,10)11;1-8-6-4-2-3-5-7-8;1-7-5-3-2-4-6-7;1-6-4-2-3-5-6;1-5-6(2,3)4;1-5(2,3)4;1-4-5(2)3;1-3-5-4-2/h3-8H,1-2H3;2-6H,1H3;3-6,9H,1-2H3;8H,2-7H2,1H3;7H,2-6H2,1H3;6H,2-5H2,1H3;5H2,1-4H3;1-4H3;4H,1-3H3;3-5H2,1-2H3/b6-3+;;;;;;;;;. The van der Waals surface area contributed by atoms with E-state index in [2.05, 4.69) is 171 Å². The molecule has 1 aromatic heterocycles. The van der Waals surface area contributed by atoms with Crippen LogP contribution < -0.4 is 4.72 Å². The van der Waals surface area contributed by atoms with Gasteiger partial charge >= 0.3 is 0 Å². The fourth-order valence-electron chi connectivity index (χ4n) is 7.15. The second kappa shape index (κ2) is 45.6. The molecule has 0 spiro atoms. The number of allylic oxidation sites excluding steroid dienone is 3. The Bertz CT molecular complexity index is 2010. The zero-order chi connectivity index (χ0) is 57.0. The molecule has 3 aliphatic carbocycles. The molecule has 3 saturated carbocycles. The topological polar surface area (TPSA) is 59.3 Å². The first-order chi connectivity index (χ1) is 34.6. The van der Waals surface area contributed by atoms with Gasteiger partial charge < -0.3 is 4.42 Å². The van der Waals surface area contributed by atoms with Gasteiger partial charge in [0.05, 0.1) is 12.5 Å². The number of unbranched alkanes of at least 4 members (excludes halogenated alkanes) is 2. The van der Waals surface area contributed by atoms with Crippen LogP contribution in [-0.4, -0.2) is 14.7 Å². The summed E-state index contributed by atoms with van der Waals surface area (Å²) in [6.07, 6.45) is 36.8. The van der Waals surface area contributed by atoms with E-state index in [-0.39, 0.29) is 0 Å². The molecule has 0 unspecified atom stereocenters. The number of hydrogen-bond donors (Lipinski definition) is 1. The van der Waals surface area contributed by atoms with Gasteiger partial charge in [-0.15, -0.1) is 0 Å². The second-order valence-electron chi connectivity index (χ2n) is 24.4. The minimum atomic E-state index is -3.14. The van der Waals surface area contributed by atoms with E-state index in [1.54, 1.807) is 18.4 Å². The number of fused-ring (bicyclic) bond motifs is 1. The number of benzene rings is 3. The maximum absolute atomic E-state index is 10.8. The van der Waals surface area contributed by atoms with Gasteiger partial charge in [0.2, 0.25) is 10.0 Å². The summed E-state index contributed by atoms with van der Waals surface area (Å²) in [5.41, 5.74) is 9.01. The SMILES string of the molecule is C/C=C/c1ccccc1C.CC(C)(C)C.CC1CCCC1.CC1CCCCC1.CC1CCCCCC1.CC=C(C)C.CCC(C)(C)C.CCCCC.Cc1ccc(NS(C)(=O)=O)cc1.Cc1ccc2occc2c1. The molecule has 426 valence electrons. The van der Waals surface area contributed by atoms with Gasteiger partial charge in [0.1, 0.15) is 5.58 Å². The van der Waals surface area contributed by atoms with Gasteiger partial charge in [0.15, 0.2) is 0 Å². The molecule has 1 N–H and O–H groups in total. The fraction of sp³-hybridized carbons (Fsp3) is 0.652. The Morgan fingerprint density at radius 3 is 1.35 bits per heavy atom. The molecule has 4 aromatic rings. The maximum Gasteiger partial charge on any atom is 0.229 e. The minimum absolute atomic E-state index is 0.500. The Labute approximate surface area is 462 Å². The van der Waals surface area contributed by atoms with Crippen LogP contribution in [0.4, 0.5) is 5.69 Å². The van der Waals surface area contributed by atoms with Crippen LogP contribution in [0, 0.1) is 49.4 Å². The molecule has 3 aromatic carbocycles. The first kappa shape index (κ1) is 74.7. The lowest BCUT2D eigenvalue weighted by molar-refractivity contribution is 0.385. The zero-order valence-corrected chi connectivity index (χ0v) is 53.4. The van der Waals surface area contributed by atoms with Crippen molar-refractivity contribution in [2.75, 3.05) is 11.0 Å². The number of anilines is 1. The van der Waals surface area contributed by atoms with Gasteiger partial charge in [-0.3, -0.25) is 4.72 Å². The Hall–Kier alpha value is -3.57. The molecule has 7 rings (SSSR count). The highest BCUT2D eigenvalue weighted by Gasteiger charge is 2.08. The Kier molecular flexibility index (Phi) is 46.0. The molecular weight excluding hydrogens is 923 g/mol. The molecule has 0 atom stereocenters. The average Bonchev–Trinajstić information content (AvgIpc) is 3.95. The van der Waals surface area contributed by atoms with Crippen LogP contribution in [0.15, 0.2) is 101 Å². The molecule has 1 heterocycles. The third kappa shape index (κ3) is 54.7. The average molecular weight is 1040 g/mol. The molecule has 0 aliphatic heterocycles. The molecule has 0 bridgehead atoms. The number of rotatable bonds is 5. The maximum atomic E-state index is 10.8. The van der Waals surface area contributed by atoms with Crippen molar-refractivity contribution in [3.63, 3.8) is 0 Å². The monoisotopic (exact) mass is 1040 g/mol. The van der Waals surface area contributed by atoms with Crippen molar-refractivity contribution in [3.05, 3.63) is 119 Å². The summed E-state index contributed by atoms with van der Waals surface area (Å²) in [5, 5.41) is 1.18. The highest BCUT2D eigenvalue weighted by Crippen LogP contribution is 2.24. The van der Waals surface area contributed by atoms with E-state index in [0.29, 0.717) is 16.5 Å². The minimum Gasteiger partial charge on any atom is -0.464 e. The van der Waals surface area contributed by atoms with Crippen molar-refractivity contribution >= 4 is 32.8 Å². The predicted molar refractivity (Wildman–Crippen MR) is 338 cm³/mol. The fourth-order valence-corrected chi connectivity index (χ4v) is 7.71. The third-order valence-corrected chi connectivity index (χ3v) is 13.1. The lowest BCUT2D eigenvalue weighted by Crippen LogP contribution is -2.09. The Morgan fingerprint density at radius 2 is 1.01 bits per heavy atom. The lowest BCUT2D eigenvalue weighted by atomic mass is 9.91. The number of sulfonamides is 1. The van der Waals surface area contributed by atoms with Gasteiger partial charge in [-0.05, 0) is 119 Å². The highest BCUT2D eigenvalue weighted by atomic mass is 32.2. The molecule has 0 saturated heterocycles. The lowest BCUT2D eigenvalue weighted by Gasteiger charge is -2.15. The van der Waals surface area contributed by atoms with Crippen molar-refractivity contribution in [2.45, 2.75) is 260 Å². The number of furan rings is 1. The predicted octanol–water partition coefficient (Wildman–Crippen LogP) is 23.6. The van der Waals surface area contributed by atoms with Crippen molar-refractivity contribution in [2.24, 2.45) is 28.6 Å². The molecule has 5 heteroatoms. The van der Waals surface area contributed by atoms with E-state index in [4.69, 9.17) is 4.42 Å². The van der Waals surface area contributed by atoms with E-state index in [9.17, 15) is 8.42 Å². The molecule has 4 nitrogen and oxygen atoms in total. The third-order valence-electron chi connectivity index (χ3n) is 12.5. The molecule has 3 fully saturated rings. The molecule has 0 radical (unpaired) electrons. The van der Waals surface area contributed by atoms with Gasteiger partial charge in [-0.25, -0.2) is 8.42 Å². The summed E-state index contributed by atoms with van der Waals surface area (Å²) in [4.78, 5) is 0. The van der Waals surface area contributed by atoms with Gasteiger partial charge in [-0.1, -0.05) is 289 Å². The second-order valence-corrected chi connectivity index (χ2v) is 26.2.